The van der Waals surface area contributed by atoms with Gasteiger partial charge in [-0.2, -0.15) is 0 Å². The van der Waals surface area contributed by atoms with Crippen LogP contribution in [0.3, 0.4) is 0 Å². The molecule has 1 atom stereocenters. The number of carboxylic acid groups (broad SMARTS) is 1. The first-order valence-corrected chi connectivity index (χ1v) is 11.0. The number of halogens is 1. The largest absolute Gasteiger partial charge is 0.481 e. The predicted molar refractivity (Wildman–Crippen MR) is 122 cm³/mol. The lowest BCUT2D eigenvalue weighted by atomic mass is 9.88. The summed E-state index contributed by atoms with van der Waals surface area (Å²) in [5.74, 6) is -1.27. The van der Waals surface area contributed by atoms with Crippen LogP contribution in [0, 0.1) is 11.7 Å². The first-order chi connectivity index (χ1) is 15.3. The van der Waals surface area contributed by atoms with Crippen LogP contribution in [0.15, 0.2) is 49.1 Å². The number of carbonyl (C=O) groups excluding carboxylic acids is 1. The number of carboxylic acids is 1. The van der Waals surface area contributed by atoms with Gasteiger partial charge in [0.25, 0.3) is 5.91 Å². The summed E-state index contributed by atoms with van der Waals surface area (Å²) in [6.45, 7) is 4.22. The molecule has 1 saturated carbocycles. The van der Waals surface area contributed by atoms with Gasteiger partial charge in [0.15, 0.2) is 0 Å². The zero-order valence-corrected chi connectivity index (χ0v) is 18.4. The van der Waals surface area contributed by atoms with E-state index in [1.54, 1.807) is 30.1 Å². The molecule has 5 nitrogen and oxygen atoms in total. The van der Waals surface area contributed by atoms with Crippen LogP contribution < -0.4 is 0 Å². The van der Waals surface area contributed by atoms with E-state index in [0.717, 1.165) is 12.8 Å². The zero-order chi connectivity index (χ0) is 23.3. The van der Waals surface area contributed by atoms with E-state index < -0.39 is 17.9 Å². The molecule has 0 heterocycles. The molecule has 0 radical (unpaired) electrons. The molecule has 1 aliphatic carbocycles. The zero-order valence-electron chi connectivity index (χ0n) is 18.4. The van der Waals surface area contributed by atoms with Gasteiger partial charge in [-0.25, -0.2) is 4.39 Å². The highest BCUT2D eigenvalue weighted by Gasteiger charge is 2.23. The Morgan fingerprint density at radius 3 is 2.56 bits per heavy atom. The highest BCUT2D eigenvalue weighted by molar-refractivity contribution is 5.97. The number of hydrogen-bond acceptors (Lipinski definition) is 3. The Kier molecular flexibility index (Phi) is 7.80. The van der Waals surface area contributed by atoms with E-state index >= 15 is 0 Å². The minimum Gasteiger partial charge on any atom is -0.481 e. The van der Waals surface area contributed by atoms with Crippen LogP contribution in [0.2, 0.25) is 0 Å². The molecule has 2 aromatic carbocycles. The molecule has 1 fully saturated rings. The Balaban J connectivity index is 1.95. The molecule has 0 bridgehead atoms. The Morgan fingerprint density at radius 1 is 1.19 bits per heavy atom. The maximum Gasteiger partial charge on any atom is 0.307 e. The van der Waals surface area contributed by atoms with Crippen LogP contribution >= 0.6 is 0 Å². The minimum absolute atomic E-state index is 0.205. The molecule has 1 aliphatic rings. The van der Waals surface area contributed by atoms with Crippen molar-refractivity contribution in [3.05, 3.63) is 71.6 Å². The molecule has 2 aromatic rings. The number of amides is 1. The third kappa shape index (κ3) is 5.62. The van der Waals surface area contributed by atoms with Gasteiger partial charge in [0, 0.05) is 19.2 Å². The van der Waals surface area contributed by atoms with Crippen molar-refractivity contribution in [3.63, 3.8) is 0 Å². The van der Waals surface area contributed by atoms with Gasteiger partial charge in [0.05, 0.1) is 12.5 Å². The van der Waals surface area contributed by atoms with E-state index in [1.807, 2.05) is 0 Å². The van der Waals surface area contributed by atoms with Crippen molar-refractivity contribution in [2.75, 3.05) is 13.6 Å². The molecule has 0 aromatic heterocycles. The molecule has 3 rings (SSSR count). The smallest absolute Gasteiger partial charge is 0.307 e. The van der Waals surface area contributed by atoms with Crippen molar-refractivity contribution in [2.24, 2.45) is 5.92 Å². The quantitative estimate of drug-likeness (QED) is 0.568. The summed E-state index contributed by atoms with van der Waals surface area (Å²) in [4.78, 5) is 26.4. The normalized spacial score (nSPS) is 15.2. The molecule has 0 aliphatic heterocycles. The van der Waals surface area contributed by atoms with E-state index in [9.17, 15) is 24.2 Å². The fraction of sp³-hybridized carbons (Fsp3) is 0.385. The van der Waals surface area contributed by atoms with Crippen LogP contribution in [-0.2, 0) is 11.2 Å². The minimum atomic E-state index is -1.08. The third-order valence-electron chi connectivity index (χ3n) is 6.15. The van der Waals surface area contributed by atoms with Crippen LogP contribution in [0.1, 0.15) is 59.7 Å². The third-order valence-corrected chi connectivity index (χ3v) is 6.15. The first kappa shape index (κ1) is 23.7. The number of aliphatic hydroxyl groups excluding tert-OH is 1. The summed E-state index contributed by atoms with van der Waals surface area (Å²) in [6, 6.07) is 9.02. The van der Waals surface area contributed by atoms with Crippen LogP contribution in [0.25, 0.3) is 11.1 Å². The lowest BCUT2D eigenvalue weighted by Gasteiger charge is -2.27. The molecule has 6 heteroatoms. The summed E-state index contributed by atoms with van der Waals surface area (Å²) < 4.78 is 13.8. The summed E-state index contributed by atoms with van der Waals surface area (Å²) in [7, 11) is 1.76. The molecule has 1 amide bonds. The summed E-state index contributed by atoms with van der Waals surface area (Å²) >= 11 is 0. The van der Waals surface area contributed by atoms with Gasteiger partial charge in [-0.3, -0.25) is 9.59 Å². The Labute approximate surface area is 188 Å². The lowest BCUT2D eigenvalue weighted by Crippen LogP contribution is -2.33. The number of nitrogens with zero attached hydrogens (tertiary/aromatic N) is 1. The van der Waals surface area contributed by atoms with Crippen LogP contribution in [0.4, 0.5) is 4.39 Å². The average molecular weight is 440 g/mol. The second kappa shape index (κ2) is 10.6. The second-order valence-electron chi connectivity index (χ2n) is 8.54. The molecule has 0 saturated heterocycles. The number of aliphatic hydroxyl groups is 1. The fourth-order valence-corrected chi connectivity index (χ4v) is 4.49. The van der Waals surface area contributed by atoms with Gasteiger partial charge >= 0.3 is 5.97 Å². The van der Waals surface area contributed by atoms with Gasteiger partial charge in [-0.15, -0.1) is 6.58 Å². The van der Waals surface area contributed by atoms with Crippen molar-refractivity contribution >= 4 is 11.9 Å². The average Bonchev–Trinajstić information content (AvgIpc) is 2.78. The number of carbonyl (C=O) groups is 2. The van der Waals surface area contributed by atoms with Crippen molar-refractivity contribution in [3.8, 4) is 11.1 Å². The topological polar surface area (TPSA) is 77.8 Å². The Morgan fingerprint density at radius 2 is 1.91 bits per heavy atom. The number of aliphatic carboxylic acids is 1. The standard InChI is InChI=1S/C26H30FNO4/c1-3-24(29)23-15-20(27)10-12-21(23)18-9-11-22(19(13-18)14-25(30)31)26(32)28(2)16-17-7-5-4-6-8-17/h3,9-13,15,17,24,29H,1,4-8,14,16H2,2H3,(H,30,31). The van der Waals surface area contributed by atoms with Gasteiger partial charge in [0.2, 0.25) is 0 Å². The van der Waals surface area contributed by atoms with E-state index in [2.05, 4.69) is 6.58 Å². The highest BCUT2D eigenvalue weighted by Crippen LogP contribution is 2.32. The molecule has 1 unspecified atom stereocenters. The van der Waals surface area contributed by atoms with Crippen molar-refractivity contribution < 1.29 is 24.2 Å². The van der Waals surface area contributed by atoms with Gasteiger partial charge in [0.1, 0.15) is 5.82 Å². The SMILES string of the molecule is C=CC(O)c1cc(F)ccc1-c1ccc(C(=O)N(C)CC2CCCCC2)c(CC(=O)O)c1. The highest BCUT2D eigenvalue weighted by atomic mass is 19.1. The first-order valence-electron chi connectivity index (χ1n) is 11.0. The number of rotatable bonds is 8. The fourth-order valence-electron chi connectivity index (χ4n) is 4.49. The van der Waals surface area contributed by atoms with E-state index in [0.29, 0.717) is 40.3 Å². The molecular weight excluding hydrogens is 409 g/mol. The maximum atomic E-state index is 13.8. The summed E-state index contributed by atoms with van der Waals surface area (Å²) in [5.41, 5.74) is 2.22. The molecular formula is C26H30FNO4. The Hall–Kier alpha value is -2.99. The summed E-state index contributed by atoms with van der Waals surface area (Å²) in [5, 5.41) is 19.7. The Bertz CT molecular complexity index is 997. The molecule has 2 N–H and O–H groups in total. The summed E-state index contributed by atoms with van der Waals surface area (Å²) in [6.07, 6.45) is 5.73. The monoisotopic (exact) mass is 439 g/mol. The maximum absolute atomic E-state index is 13.8. The van der Waals surface area contributed by atoms with Gasteiger partial charge in [-0.05, 0) is 65.3 Å². The van der Waals surface area contributed by atoms with E-state index in [1.165, 1.54) is 43.5 Å². The van der Waals surface area contributed by atoms with Gasteiger partial charge < -0.3 is 15.1 Å². The molecule has 32 heavy (non-hydrogen) atoms. The number of hydrogen-bond donors (Lipinski definition) is 2. The lowest BCUT2D eigenvalue weighted by molar-refractivity contribution is -0.136. The molecule has 170 valence electrons. The number of benzene rings is 2. The predicted octanol–water partition coefficient (Wildman–Crippen LogP) is 4.99. The van der Waals surface area contributed by atoms with Gasteiger partial charge in [-0.1, -0.05) is 37.5 Å². The second-order valence-corrected chi connectivity index (χ2v) is 8.54. The van der Waals surface area contributed by atoms with E-state index in [4.69, 9.17) is 0 Å². The van der Waals surface area contributed by atoms with Crippen molar-refractivity contribution in [1.29, 1.82) is 0 Å². The van der Waals surface area contributed by atoms with Crippen LogP contribution in [-0.4, -0.2) is 40.6 Å². The van der Waals surface area contributed by atoms with Crippen molar-refractivity contribution in [1.82, 2.24) is 4.90 Å². The molecule has 0 spiro atoms. The van der Waals surface area contributed by atoms with E-state index in [-0.39, 0.29) is 12.3 Å². The van der Waals surface area contributed by atoms with Crippen LogP contribution in [0.5, 0.6) is 0 Å². The van der Waals surface area contributed by atoms with Crippen molar-refractivity contribution in [2.45, 2.75) is 44.6 Å².